The number of benzene rings is 1. The Bertz CT molecular complexity index is 398. The minimum Gasteiger partial charge on any atom is -0.375 e. The van der Waals surface area contributed by atoms with Crippen LogP contribution in [-0.4, -0.2) is 5.04 Å². The van der Waals surface area contributed by atoms with Crippen molar-refractivity contribution in [1.29, 1.82) is 0 Å². The van der Waals surface area contributed by atoms with Crippen LogP contribution in [0.15, 0.2) is 35.5 Å². The third-order valence-electron chi connectivity index (χ3n) is 3.49. The molecule has 1 aromatic rings. The third-order valence-corrected chi connectivity index (χ3v) is 4.71. The van der Waals surface area contributed by atoms with Gasteiger partial charge in [0.15, 0.2) is 0 Å². The first-order valence-electron chi connectivity index (χ1n) is 6.39. The minimum absolute atomic E-state index is 0.0770. The van der Waals surface area contributed by atoms with Gasteiger partial charge in [-0.05, 0) is 12.8 Å². The normalized spacial score (nSPS) is 25.4. The monoisotopic (exact) mass is 247 g/mol. The van der Waals surface area contributed by atoms with Gasteiger partial charge in [0.2, 0.25) is 5.44 Å². The van der Waals surface area contributed by atoms with E-state index in [1.165, 1.54) is 42.7 Å². The topological polar surface area (TPSA) is 21.6 Å². The fourth-order valence-corrected chi connectivity index (χ4v) is 3.62. The summed E-state index contributed by atoms with van der Waals surface area (Å²) >= 11 is 1.80. The van der Waals surface area contributed by atoms with Crippen LogP contribution in [0.25, 0.3) is 0 Å². The van der Waals surface area contributed by atoms with Crippen molar-refractivity contribution in [2.24, 2.45) is 11.1 Å². The quantitative estimate of drug-likeness (QED) is 0.775. The minimum atomic E-state index is 0.0770. The van der Waals surface area contributed by atoms with E-state index in [0.717, 1.165) is 0 Å². The van der Waals surface area contributed by atoms with E-state index in [4.69, 9.17) is 4.84 Å². The van der Waals surface area contributed by atoms with Gasteiger partial charge < -0.3 is 4.84 Å². The second-order valence-corrected chi connectivity index (χ2v) is 5.81. The van der Waals surface area contributed by atoms with E-state index in [9.17, 15) is 0 Å². The molecule has 0 spiro atoms. The first-order chi connectivity index (χ1) is 8.43. The Morgan fingerprint density at radius 1 is 1.06 bits per heavy atom. The Balaban J connectivity index is 1.64. The number of hydrogen-bond donors (Lipinski definition) is 0. The van der Waals surface area contributed by atoms with Crippen LogP contribution in [0.1, 0.15) is 43.1 Å². The molecule has 0 amide bonds. The zero-order chi connectivity index (χ0) is 11.5. The largest absolute Gasteiger partial charge is 0.375 e. The summed E-state index contributed by atoms with van der Waals surface area (Å²) in [7, 11) is 0. The van der Waals surface area contributed by atoms with Gasteiger partial charge in [-0.15, -0.1) is 0 Å². The summed E-state index contributed by atoms with van der Waals surface area (Å²) in [6.45, 7) is 0. The molecule has 2 nitrogen and oxygen atoms in total. The van der Waals surface area contributed by atoms with E-state index >= 15 is 0 Å². The average Bonchev–Trinajstić information content (AvgIpc) is 2.90. The molecule has 1 saturated carbocycles. The van der Waals surface area contributed by atoms with Gasteiger partial charge in [-0.25, -0.2) is 0 Å². The molecule has 2 aliphatic rings. The molecule has 1 fully saturated rings. The summed E-state index contributed by atoms with van der Waals surface area (Å²) in [4.78, 5) is 5.56. The molecule has 1 aromatic carbocycles. The lowest BCUT2D eigenvalue weighted by Crippen LogP contribution is -2.13. The van der Waals surface area contributed by atoms with Gasteiger partial charge in [0.05, 0.1) is 0 Å². The Hall–Kier alpha value is -0.960. The summed E-state index contributed by atoms with van der Waals surface area (Å²) < 4.78 is 0. The molecule has 3 heteroatoms. The average molecular weight is 247 g/mol. The highest BCUT2D eigenvalue weighted by atomic mass is 32.2. The summed E-state index contributed by atoms with van der Waals surface area (Å²) in [5, 5.41) is 5.52. The number of thioether (sulfide) groups is 1. The molecule has 0 aromatic heterocycles. The molecule has 0 saturated heterocycles. The van der Waals surface area contributed by atoms with Crippen molar-refractivity contribution in [1.82, 2.24) is 0 Å². The first-order valence-corrected chi connectivity index (χ1v) is 7.27. The van der Waals surface area contributed by atoms with Gasteiger partial charge in [-0.1, -0.05) is 66.5 Å². The van der Waals surface area contributed by atoms with Crippen molar-refractivity contribution in [2.75, 3.05) is 0 Å². The number of hydrogen-bond acceptors (Lipinski definition) is 3. The molecule has 17 heavy (non-hydrogen) atoms. The standard InChI is InChI=1S/C14H17NOS/c1-3-7-11(8-4-1)13-15-16-14(17-13)12-9-5-2-6-10-12/h2,5-6,9-11,14H,1,3-4,7-8H2. The van der Waals surface area contributed by atoms with Crippen molar-refractivity contribution in [3.63, 3.8) is 0 Å². The predicted octanol–water partition coefficient (Wildman–Crippen LogP) is 4.34. The highest BCUT2D eigenvalue weighted by Crippen LogP contribution is 2.41. The molecule has 0 N–H and O–H groups in total. The molecule has 1 aliphatic heterocycles. The fourth-order valence-electron chi connectivity index (χ4n) is 2.51. The molecule has 1 heterocycles. The van der Waals surface area contributed by atoms with Crippen LogP contribution in [-0.2, 0) is 4.84 Å². The van der Waals surface area contributed by atoms with Crippen molar-refractivity contribution >= 4 is 16.8 Å². The molecular weight excluding hydrogens is 230 g/mol. The zero-order valence-electron chi connectivity index (χ0n) is 9.84. The Labute approximate surface area is 106 Å². The van der Waals surface area contributed by atoms with E-state index in [0.29, 0.717) is 5.92 Å². The fraction of sp³-hybridized carbons (Fsp3) is 0.500. The van der Waals surface area contributed by atoms with Gasteiger partial charge in [-0.3, -0.25) is 0 Å². The molecule has 0 radical (unpaired) electrons. The third kappa shape index (κ3) is 2.49. The Morgan fingerprint density at radius 2 is 1.82 bits per heavy atom. The maximum absolute atomic E-state index is 5.56. The summed E-state index contributed by atoms with van der Waals surface area (Å²) in [5.74, 6) is 0.655. The first kappa shape index (κ1) is 11.1. The number of oxime groups is 1. The van der Waals surface area contributed by atoms with E-state index < -0.39 is 0 Å². The van der Waals surface area contributed by atoms with Gasteiger partial charge >= 0.3 is 0 Å². The second kappa shape index (κ2) is 5.13. The number of rotatable bonds is 2. The zero-order valence-corrected chi connectivity index (χ0v) is 10.7. The van der Waals surface area contributed by atoms with Gasteiger partial charge in [0.1, 0.15) is 5.04 Å². The number of nitrogens with zero attached hydrogens (tertiary/aromatic N) is 1. The maximum atomic E-state index is 5.56. The van der Waals surface area contributed by atoms with Crippen LogP contribution in [0.4, 0.5) is 0 Å². The SMILES string of the molecule is c1ccc(C2ON=C(C3CCCCC3)S2)cc1. The van der Waals surface area contributed by atoms with E-state index in [2.05, 4.69) is 29.4 Å². The predicted molar refractivity (Wildman–Crippen MR) is 71.9 cm³/mol. The van der Waals surface area contributed by atoms with Gasteiger partial charge in [0.25, 0.3) is 0 Å². The molecule has 3 rings (SSSR count). The lowest BCUT2D eigenvalue weighted by atomic mass is 9.90. The van der Waals surface area contributed by atoms with Crippen molar-refractivity contribution in [2.45, 2.75) is 37.5 Å². The van der Waals surface area contributed by atoms with Crippen molar-refractivity contribution < 1.29 is 4.84 Å². The Kier molecular flexibility index (Phi) is 3.36. The van der Waals surface area contributed by atoms with Crippen LogP contribution in [0.3, 0.4) is 0 Å². The van der Waals surface area contributed by atoms with E-state index in [1.807, 2.05) is 6.07 Å². The molecule has 0 bridgehead atoms. The van der Waals surface area contributed by atoms with Crippen molar-refractivity contribution in [3.05, 3.63) is 35.9 Å². The molecule has 1 aliphatic carbocycles. The highest BCUT2D eigenvalue weighted by molar-refractivity contribution is 8.14. The summed E-state index contributed by atoms with van der Waals surface area (Å²) in [6, 6.07) is 10.4. The van der Waals surface area contributed by atoms with Gasteiger partial charge in [0, 0.05) is 11.5 Å². The van der Waals surface area contributed by atoms with Crippen LogP contribution in [0, 0.1) is 5.92 Å². The van der Waals surface area contributed by atoms with E-state index in [-0.39, 0.29) is 5.44 Å². The highest BCUT2D eigenvalue weighted by Gasteiger charge is 2.29. The molecule has 90 valence electrons. The Morgan fingerprint density at radius 3 is 2.59 bits per heavy atom. The molecule has 1 unspecified atom stereocenters. The van der Waals surface area contributed by atoms with Crippen molar-refractivity contribution in [3.8, 4) is 0 Å². The lowest BCUT2D eigenvalue weighted by Gasteiger charge is -2.20. The summed E-state index contributed by atoms with van der Waals surface area (Å²) in [5.41, 5.74) is 1.29. The maximum Gasteiger partial charge on any atom is 0.203 e. The lowest BCUT2D eigenvalue weighted by molar-refractivity contribution is 0.129. The molecule has 1 atom stereocenters. The van der Waals surface area contributed by atoms with Gasteiger partial charge in [-0.2, -0.15) is 0 Å². The van der Waals surface area contributed by atoms with Crippen LogP contribution in [0.5, 0.6) is 0 Å². The van der Waals surface area contributed by atoms with Crippen LogP contribution < -0.4 is 0 Å². The van der Waals surface area contributed by atoms with Crippen LogP contribution >= 0.6 is 11.8 Å². The van der Waals surface area contributed by atoms with Crippen LogP contribution in [0.2, 0.25) is 0 Å². The van der Waals surface area contributed by atoms with E-state index in [1.54, 1.807) is 11.8 Å². The molecular formula is C14H17NOS. The smallest absolute Gasteiger partial charge is 0.203 e. The second-order valence-electron chi connectivity index (χ2n) is 4.73. The summed E-state index contributed by atoms with van der Waals surface area (Å²) in [6.07, 6.45) is 6.66.